The van der Waals surface area contributed by atoms with Gasteiger partial charge < -0.3 is 9.67 Å². The molecule has 3 nitrogen and oxygen atoms in total. The summed E-state index contributed by atoms with van der Waals surface area (Å²) < 4.78 is 2.11. The summed E-state index contributed by atoms with van der Waals surface area (Å²) in [5, 5.41) is 10.7. The lowest BCUT2D eigenvalue weighted by atomic mass is 10.0. The Labute approximate surface area is 124 Å². The van der Waals surface area contributed by atoms with Crippen molar-refractivity contribution in [3.63, 3.8) is 0 Å². The third-order valence-corrected chi connectivity index (χ3v) is 4.06. The normalized spacial score (nSPS) is 14.3. The van der Waals surface area contributed by atoms with Crippen LogP contribution in [-0.4, -0.2) is 14.7 Å². The van der Waals surface area contributed by atoms with Crippen molar-refractivity contribution in [1.29, 1.82) is 0 Å². The molecule has 0 aliphatic rings. The summed E-state index contributed by atoms with van der Waals surface area (Å²) in [6.45, 7) is 6.07. The fourth-order valence-electron chi connectivity index (χ4n) is 2.86. The van der Waals surface area contributed by atoms with Gasteiger partial charge in [-0.05, 0) is 38.5 Å². The number of imidazole rings is 1. The zero-order valence-corrected chi connectivity index (χ0v) is 12.6. The highest BCUT2D eigenvalue weighted by atomic mass is 16.3. The number of aromatic nitrogens is 2. The molecule has 0 saturated carbocycles. The predicted molar refractivity (Wildman–Crippen MR) is 85.3 cm³/mol. The third kappa shape index (κ3) is 2.45. The van der Waals surface area contributed by atoms with Crippen molar-refractivity contribution in [2.24, 2.45) is 0 Å². The fourth-order valence-corrected chi connectivity index (χ4v) is 2.86. The van der Waals surface area contributed by atoms with E-state index in [9.17, 15) is 5.11 Å². The molecule has 2 aromatic carbocycles. The van der Waals surface area contributed by atoms with Gasteiger partial charge in [-0.25, -0.2) is 4.98 Å². The molecule has 0 saturated heterocycles. The Kier molecular flexibility index (Phi) is 3.52. The van der Waals surface area contributed by atoms with E-state index in [4.69, 9.17) is 0 Å². The summed E-state index contributed by atoms with van der Waals surface area (Å²) in [4.78, 5) is 4.58. The Morgan fingerprint density at radius 3 is 2.38 bits per heavy atom. The fraction of sp³-hybridized carbons (Fsp3) is 0.278. The van der Waals surface area contributed by atoms with Gasteiger partial charge in [0.25, 0.3) is 0 Å². The van der Waals surface area contributed by atoms with Gasteiger partial charge in [-0.1, -0.05) is 42.0 Å². The molecular formula is C18H20N2O. The van der Waals surface area contributed by atoms with Crippen molar-refractivity contribution in [2.45, 2.75) is 32.9 Å². The SMILES string of the molecule is Cc1ccc(C(O)C(C)n2c(C)nc3ccccc32)cc1. The number of rotatable bonds is 3. The molecule has 0 bridgehead atoms. The molecule has 0 amide bonds. The molecule has 0 fully saturated rings. The number of hydrogen-bond donors (Lipinski definition) is 1. The number of para-hydroxylation sites is 2. The Balaban J connectivity index is 2.01. The van der Waals surface area contributed by atoms with Gasteiger partial charge in [-0.3, -0.25) is 0 Å². The van der Waals surface area contributed by atoms with Crippen molar-refractivity contribution in [2.75, 3.05) is 0 Å². The smallest absolute Gasteiger partial charge is 0.107 e. The molecule has 3 heteroatoms. The van der Waals surface area contributed by atoms with Crippen molar-refractivity contribution < 1.29 is 5.11 Å². The van der Waals surface area contributed by atoms with Crippen LogP contribution < -0.4 is 0 Å². The van der Waals surface area contributed by atoms with E-state index < -0.39 is 6.10 Å². The number of benzene rings is 2. The van der Waals surface area contributed by atoms with Gasteiger partial charge in [-0.15, -0.1) is 0 Å². The van der Waals surface area contributed by atoms with Crippen LogP contribution in [0.25, 0.3) is 11.0 Å². The van der Waals surface area contributed by atoms with E-state index in [1.165, 1.54) is 5.56 Å². The molecule has 1 aromatic heterocycles. The highest BCUT2D eigenvalue weighted by Crippen LogP contribution is 2.30. The average molecular weight is 280 g/mol. The molecule has 0 radical (unpaired) electrons. The minimum absolute atomic E-state index is 0.0693. The minimum Gasteiger partial charge on any atom is -0.386 e. The van der Waals surface area contributed by atoms with Gasteiger partial charge >= 0.3 is 0 Å². The summed E-state index contributed by atoms with van der Waals surface area (Å²) in [5.74, 6) is 0.926. The summed E-state index contributed by atoms with van der Waals surface area (Å²) in [6.07, 6.45) is -0.554. The van der Waals surface area contributed by atoms with Crippen LogP contribution in [0.2, 0.25) is 0 Å². The first-order chi connectivity index (χ1) is 10.1. The summed E-state index contributed by atoms with van der Waals surface area (Å²) in [5.41, 5.74) is 4.17. The minimum atomic E-state index is -0.554. The molecule has 2 unspecified atom stereocenters. The molecule has 0 spiro atoms. The van der Waals surface area contributed by atoms with Crippen LogP contribution in [0.3, 0.4) is 0 Å². The molecule has 1 N–H and O–H groups in total. The third-order valence-electron chi connectivity index (χ3n) is 4.06. The van der Waals surface area contributed by atoms with Crippen molar-refractivity contribution >= 4 is 11.0 Å². The number of hydrogen-bond acceptors (Lipinski definition) is 2. The topological polar surface area (TPSA) is 38.0 Å². The first-order valence-electron chi connectivity index (χ1n) is 7.26. The van der Waals surface area contributed by atoms with Crippen LogP contribution in [0.1, 0.15) is 36.0 Å². The van der Waals surface area contributed by atoms with E-state index in [1.807, 2.05) is 69.3 Å². The number of aryl methyl sites for hydroxylation is 2. The Morgan fingerprint density at radius 2 is 1.67 bits per heavy atom. The van der Waals surface area contributed by atoms with E-state index in [2.05, 4.69) is 9.55 Å². The highest BCUT2D eigenvalue weighted by molar-refractivity contribution is 5.76. The van der Waals surface area contributed by atoms with Crippen LogP contribution in [0.15, 0.2) is 48.5 Å². The quantitative estimate of drug-likeness (QED) is 0.789. The number of aliphatic hydroxyl groups excluding tert-OH is 1. The Morgan fingerprint density at radius 1 is 1.00 bits per heavy atom. The molecule has 3 rings (SSSR count). The lowest BCUT2D eigenvalue weighted by Crippen LogP contribution is -2.16. The van der Waals surface area contributed by atoms with Crippen molar-refractivity contribution in [1.82, 2.24) is 9.55 Å². The van der Waals surface area contributed by atoms with Crippen LogP contribution in [0.4, 0.5) is 0 Å². The van der Waals surface area contributed by atoms with Gasteiger partial charge in [0.2, 0.25) is 0 Å². The monoisotopic (exact) mass is 280 g/mol. The Bertz CT molecular complexity index is 758. The Hall–Kier alpha value is -2.13. The molecule has 0 aliphatic heterocycles. The number of aliphatic hydroxyl groups is 1. The van der Waals surface area contributed by atoms with Crippen LogP contribution >= 0.6 is 0 Å². The van der Waals surface area contributed by atoms with Crippen molar-refractivity contribution in [3.05, 3.63) is 65.5 Å². The standard InChI is InChI=1S/C18H20N2O/c1-12-8-10-15(11-9-12)18(21)13(2)20-14(3)19-16-6-4-5-7-17(16)20/h4-11,13,18,21H,1-3H3. The molecule has 2 atom stereocenters. The highest BCUT2D eigenvalue weighted by Gasteiger charge is 2.21. The van der Waals surface area contributed by atoms with E-state index >= 15 is 0 Å². The molecule has 3 aromatic rings. The summed E-state index contributed by atoms with van der Waals surface area (Å²) >= 11 is 0. The molecular weight excluding hydrogens is 260 g/mol. The average Bonchev–Trinajstić information content (AvgIpc) is 2.82. The number of nitrogens with zero attached hydrogens (tertiary/aromatic N) is 2. The van der Waals surface area contributed by atoms with Gasteiger partial charge in [0.1, 0.15) is 5.82 Å². The van der Waals surface area contributed by atoms with Gasteiger partial charge in [0.15, 0.2) is 0 Å². The zero-order valence-electron chi connectivity index (χ0n) is 12.6. The zero-order chi connectivity index (χ0) is 15.0. The summed E-state index contributed by atoms with van der Waals surface area (Å²) in [7, 11) is 0. The molecule has 0 aliphatic carbocycles. The first-order valence-corrected chi connectivity index (χ1v) is 7.26. The summed E-state index contributed by atoms with van der Waals surface area (Å²) in [6, 6.07) is 16.0. The van der Waals surface area contributed by atoms with E-state index in [0.717, 1.165) is 22.4 Å². The van der Waals surface area contributed by atoms with Crippen LogP contribution in [-0.2, 0) is 0 Å². The van der Waals surface area contributed by atoms with Crippen molar-refractivity contribution in [3.8, 4) is 0 Å². The maximum absolute atomic E-state index is 10.7. The molecule has 1 heterocycles. The maximum Gasteiger partial charge on any atom is 0.107 e. The second-order valence-electron chi connectivity index (χ2n) is 5.61. The largest absolute Gasteiger partial charge is 0.386 e. The van der Waals surface area contributed by atoms with E-state index in [1.54, 1.807) is 0 Å². The lowest BCUT2D eigenvalue weighted by molar-refractivity contribution is 0.123. The lowest BCUT2D eigenvalue weighted by Gasteiger charge is -2.23. The molecule has 21 heavy (non-hydrogen) atoms. The first kappa shape index (κ1) is 13.8. The second kappa shape index (κ2) is 5.34. The second-order valence-corrected chi connectivity index (χ2v) is 5.61. The van der Waals surface area contributed by atoms with Gasteiger partial charge in [0, 0.05) is 0 Å². The van der Waals surface area contributed by atoms with E-state index in [-0.39, 0.29) is 6.04 Å². The maximum atomic E-state index is 10.7. The van der Waals surface area contributed by atoms with Gasteiger partial charge in [-0.2, -0.15) is 0 Å². The number of fused-ring (bicyclic) bond motifs is 1. The predicted octanol–water partition coefficient (Wildman–Crippen LogP) is 3.95. The van der Waals surface area contributed by atoms with Crippen LogP contribution in [0.5, 0.6) is 0 Å². The van der Waals surface area contributed by atoms with E-state index in [0.29, 0.717) is 0 Å². The van der Waals surface area contributed by atoms with Gasteiger partial charge in [0.05, 0.1) is 23.2 Å². The molecule has 108 valence electrons. The van der Waals surface area contributed by atoms with Crippen LogP contribution in [0, 0.1) is 13.8 Å².